The molecule has 1 aliphatic rings. The molecule has 0 spiro atoms. The summed E-state index contributed by atoms with van der Waals surface area (Å²) >= 11 is 0. The van der Waals surface area contributed by atoms with Crippen LogP contribution in [0.15, 0.2) is 24.5 Å². The minimum atomic E-state index is -0.571. The summed E-state index contributed by atoms with van der Waals surface area (Å²) in [6.45, 7) is 7.47. The number of carbonyl (C=O) groups excluding carboxylic acids is 3. The van der Waals surface area contributed by atoms with Crippen LogP contribution < -0.4 is 5.32 Å². The Morgan fingerprint density at radius 2 is 1.83 bits per heavy atom. The van der Waals surface area contributed by atoms with Crippen molar-refractivity contribution in [1.29, 1.82) is 0 Å². The number of fused-ring (bicyclic) bond motifs is 1. The smallest absolute Gasteiger partial charge is 0.407 e. The molecule has 2 aromatic rings. The number of benzene rings is 1. The first-order valence-corrected chi connectivity index (χ1v) is 9.70. The number of H-pyrrole nitrogens is 1. The molecular weight excluding hydrogens is 374 g/mol. The highest BCUT2D eigenvalue weighted by Gasteiger charge is 2.25. The molecule has 1 aliphatic heterocycles. The van der Waals surface area contributed by atoms with E-state index in [4.69, 9.17) is 4.74 Å². The fourth-order valence-corrected chi connectivity index (χ4v) is 3.15. The zero-order chi connectivity index (χ0) is 21.0. The first-order chi connectivity index (χ1) is 13.7. The summed E-state index contributed by atoms with van der Waals surface area (Å²) in [6, 6.07) is 5.38. The van der Waals surface area contributed by atoms with Crippen molar-refractivity contribution in [2.24, 2.45) is 0 Å². The van der Waals surface area contributed by atoms with Crippen molar-refractivity contribution in [2.45, 2.75) is 32.8 Å². The summed E-state index contributed by atoms with van der Waals surface area (Å²) in [4.78, 5) is 47.3. The summed E-state index contributed by atoms with van der Waals surface area (Å²) in [5.41, 5.74) is 1.67. The van der Waals surface area contributed by atoms with Crippen molar-refractivity contribution in [3.63, 3.8) is 0 Å². The number of nitrogens with zero attached hydrogens (tertiary/aromatic N) is 3. The monoisotopic (exact) mass is 401 g/mol. The van der Waals surface area contributed by atoms with Crippen LogP contribution in [0, 0.1) is 0 Å². The maximum absolute atomic E-state index is 12.7. The molecule has 3 rings (SSSR count). The normalized spacial score (nSPS) is 14.7. The van der Waals surface area contributed by atoms with Crippen molar-refractivity contribution in [3.05, 3.63) is 30.1 Å². The van der Waals surface area contributed by atoms with E-state index in [-0.39, 0.29) is 24.8 Å². The van der Waals surface area contributed by atoms with Crippen LogP contribution in [-0.4, -0.2) is 76.0 Å². The van der Waals surface area contributed by atoms with E-state index in [9.17, 15) is 14.4 Å². The minimum Gasteiger partial charge on any atom is -0.444 e. The Morgan fingerprint density at radius 1 is 1.14 bits per heavy atom. The van der Waals surface area contributed by atoms with Crippen LogP contribution in [0.4, 0.5) is 4.79 Å². The average Bonchev–Trinajstić information content (AvgIpc) is 3.14. The van der Waals surface area contributed by atoms with Crippen LogP contribution in [0.2, 0.25) is 0 Å². The Morgan fingerprint density at radius 3 is 2.52 bits per heavy atom. The summed E-state index contributed by atoms with van der Waals surface area (Å²) in [6.07, 6.45) is 1.26. The lowest BCUT2D eigenvalue weighted by atomic mass is 10.1. The predicted octanol–water partition coefficient (Wildman–Crippen LogP) is 1.76. The van der Waals surface area contributed by atoms with Crippen molar-refractivity contribution < 1.29 is 19.1 Å². The van der Waals surface area contributed by atoms with Crippen LogP contribution in [0.25, 0.3) is 11.0 Å². The largest absolute Gasteiger partial charge is 0.444 e. The number of imidazole rings is 1. The second kappa shape index (κ2) is 8.50. The SMILES string of the molecule is CC(C)(C)OC(=O)NCCC(=O)N1CCN(C(=O)c2ccc3nc[nH]c3c2)CC1. The molecule has 0 unspecified atom stereocenters. The molecule has 29 heavy (non-hydrogen) atoms. The second-order valence-corrected chi connectivity index (χ2v) is 7.99. The van der Waals surface area contributed by atoms with Gasteiger partial charge < -0.3 is 24.8 Å². The number of aromatic nitrogens is 2. The summed E-state index contributed by atoms with van der Waals surface area (Å²) < 4.78 is 5.14. The second-order valence-electron chi connectivity index (χ2n) is 7.99. The maximum Gasteiger partial charge on any atom is 0.407 e. The van der Waals surface area contributed by atoms with E-state index in [1.165, 1.54) is 0 Å². The standard InChI is InChI=1S/C20H27N5O4/c1-20(2,3)29-19(28)21-7-6-17(26)24-8-10-25(11-9-24)18(27)14-4-5-15-16(12-14)23-13-22-15/h4-5,12-13H,6-11H2,1-3H3,(H,21,28)(H,22,23). The van der Waals surface area contributed by atoms with Gasteiger partial charge in [0.1, 0.15) is 5.60 Å². The molecule has 9 nitrogen and oxygen atoms in total. The molecule has 1 aromatic carbocycles. The number of hydrogen-bond donors (Lipinski definition) is 2. The third-order valence-electron chi connectivity index (χ3n) is 4.59. The highest BCUT2D eigenvalue weighted by Crippen LogP contribution is 2.15. The fraction of sp³-hybridized carbons (Fsp3) is 0.500. The molecule has 2 N–H and O–H groups in total. The van der Waals surface area contributed by atoms with Crippen LogP contribution in [0.5, 0.6) is 0 Å². The Kier molecular flexibility index (Phi) is 6.05. The molecule has 0 bridgehead atoms. The molecule has 0 saturated carbocycles. The van der Waals surface area contributed by atoms with Gasteiger partial charge in [0.05, 0.1) is 17.4 Å². The van der Waals surface area contributed by atoms with Crippen LogP contribution in [-0.2, 0) is 9.53 Å². The van der Waals surface area contributed by atoms with Gasteiger partial charge in [0, 0.05) is 44.7 Å². The topological polar surface area (TPSA) is 108 Å². The van der Waals surface area contributed by atoms with Gasteiger partial charge in [-0.05, 0) is 39.0 Å². The van der Waals surface area contributed by atoms with E-state index >= 15 is 0 Å². The minimum absolute atomic E-state index is 0.0490. The van der Waals surface area contributed by atoms with Crippen LogP contribution in [0.3, 0.4) is 0 Å². The molecule has 3 amide bonds. The lowest BCUT2D eigenvalue weighted by molar-refractivity contribution is -0.132. The van der Waals surface area contributed by atoms with Gasteiger partial charge in [-0.15, -0.1) is 0 Å². The highest BCUT2D eigenvalue weighted by atomic mass is 16.6. The van der Waals surface area contributed by atoms with Gasteiger partial charge in [-0.3, -0.25) is 9.59 Å². The molecular formula is C20H27N5O4. The van der Waals surface area contributed by atoms with Crippen molar-refractivity contribution in [3.8, 4) is 0 Å². The van der Waals surface area contributed by atoms with E-state index < -0.39 is 11.7 Å². The number of aromatic amines is 1. The van der Waals surface area contributed by atoms with Crippen molar-refractivity contribution in [2.75, 3.05) is 32.7 Å². The Balaban J connectivity index is 1.44. The van der Waals surface area contributed by atoms with Gasteiger partial charge in [0.25, 0.3) is 5.91 Å². The first-order valence-electron chi connectivity index (χ1n) is 9.70. The molecule has 9 heteroatoms. The van der Waals surface area contributed by atoms with Crippen LogP contribution in [0.1, 0.15) is 37.6 Å². The van der Waals surface area contributed by atoms with Gasteiger partial charge in [0.15, 0.2) is 0 Å². The molecule has 2 heterocycles. The van der Waals surface area contributed by atoms with E-state index in [2.05, 4.69) is 15.3 Å². The summed E-state index contributed by atoms with van der Waals surface area (Å²) in [5.74, 6) is -0.104. The van der Waals surface area contributed by atoms with E-state index in [1.54, 1.807) is 49.0 Å². The van der Waals surface area contributed by atoms with Gasteiger partial charge in [-0.1, -0.05) is 0 Å². The number of piperazine rings is 1. The molecule has 0 aliphatic carbocycles. The average molecular weight is 401 g/mol. The number of ether oxygens (including phenoxy) is 1. The lowest BCUT2D eigenvalue weighted by Crippen LogP contribution is -2.51. The van der Waals surface area contributed by atoms with E-state index in [1.807, 2.05) is 6.07 Å². The Bertz CT molecular complexity index is 894. The highest BCUT2D eigenvalue weighted by molar-refractivity contribution is 5.97. The summed E-state index contributed by atoms with van der Waals surface area (Å²) in [7, 11) is 0. The quantitative estimate of drug-likeness (QED) is 0.812. The number of amides is 3. The van der Waals surface area contributed by atoms with Crippen LogP contribution >= 0.6 is 0 Å². The van der Waals surface area contributed by atoms with E-state index in [0.29, 0.717) is 31.7 Å². The number of nitrogens with one attached hydrogen (secondary N) is 2. The molecule has 0 atom stereocenters. The fourth-order valence-electron chi connectivity index (χ4n) is 3.15. The molecule has 1 fully saturated rings. The molecule has 156 valence electrons. The first kappa shape index (κ1) is 20.6. The number of rotatable bonds is 4. The van der Waals surface area contributed by atoms with E-state index in [0.717, 1.165) is 11.0 Å². The maximum atomic E-state index is 12.7. The number of carbonyl (C=O) groups is 3. The third kappa shape index (κ3) is 5.46. The van der Waals surface area contributed by atoms with Gasteiger partial charge in [-0.2, -0.15) is 0 Å². The summed E-state index contributed by atoms with van der Waals surface area (Å²) in [5, 5.41) is 2.59. The Hall–Kier alpha value is -3.10. The molecule has 0 radical (unpaired) electrons. The zero-order valence-electron chi connectivity index (χ0n) is 17.0. The molecule has 1 saturated heterocycles. The van der Waals surface area contributed by atoms with Gasteiger partial charge in [0.2, 0.25) is 5.91 Å². The number of hydrogen-bond acceptors (Lipinski definition) is 5. The van der Waals surface area contributed by atoms with Gasteiger partial charge >= 0.3 is 6.09 Å². The predicted molar refractivity (Wildman–Crippen MR) is 107 cm³/mol. The number of alkyl carbamates (subject to hydrolysis) is 1. The third-order valence-corrected chi connectivity index (χ3v) is 4.59. The zero-order valence-corrected chi connectivity index (χ0v) is 17.0. The van der Waals surface area contributed by atoms with Crippen molar-refractivity contribution in [1.82, 2.24) is 25.1 Å². The van der Waals surface area contributed by atoms with Crippen molar-refractivity contribution >= 4 is 28.9 Å². The lowest BCUT2D eigenvalue weighted by Gasteiger charge is -2.35. The molecule has 1 aromatic heterocycles. The Labute approximate surface area is 169 Å². The van der Waals surface area contributed by atoms with Gasteiger partial charge in [-0.25, -0.2) is 9.78 Å².